The molecule has 0 aromatic carbocycles. The van der Waals surface area contributed by atoms with Crippen molar-refractivity contribution in [1.82, 2.24) is 0 Å². The smallest absolute Gasteiger partial charge is 0.759 e. The first-order valence-corrected chi connectivity index (χ1v) is 6.00. The Morgan fingerprint density at radius 1 is 0.412 bits per heavy atom. The summed E-state index contributed by atoms with van der Waals surface area (Å²) >= 11 is 0. The monoisotopic (exact) mass is 594 g/mol. The largest absolute Gasteiger partial charge is 3.00 e. The maximum atomic E-state index is 8.52. The average Bonchev–Trinajstić information content (AvgIpc) is 1.41. The first-order chi connectivity index (χ1) is 6.00. The zero-order valence-electron chi connectivity index (χ0n) is 6.88. The van der Waals surface area contributed by atoms with Crippen molar-refractivity contribution in [1.29, 1.82) is 0 Å². The molecule has 12 nitrogen and oxygen atoms in total. The van der Waals surface area contributed by atoms with Gasteiger partial charge in [-0.25, -0.2) is 0 Å². The van der Waals surface area contributed by atoms with Gasteiger partial charge in [0.05, 0.1) is 0 Å². The molecule has 0 heterocycles. The van der Waals surface area contributed by atoms with Gasteiger partial charge in [-0.15, -0.1) is 0 Å². The van der Waals surface area contributed by atoms with Crippen LogP contribution in [0, 0.1) is 98.8 Å². The minimum absolute atomic E-state index is 0. The van der Waals surface area contributed by atoms with E-state index in [0.29, 0.717) is 0 Å². The zero-order chi connectivity index (χ0) is 13.5. The van der Waals surface area contributed by atoms with Crippen molar-refractivity contribution in [2.75, 3.05) is 0 Å². The third-order valence-electron chi connectivity index (χ3n) is 0. The Hall–Kier alpha value is 2.78. The topological polar surface area (TPSA) is 241 Å². The SMILES string of the molecule is O=S(=O)([O-])[O-].O=S(=O)([O-])[O-].O=S(=O)([O-])[O-].[Eu+3].[Eu+3]. The minimum atomic E-state index is -5.17. The number of hydrogen-bond donors (Lipinski definition) is 0. The predicted molar refractivity (Wildman–Crippen MR) is 31.4 cm³/mol. The molecule has 0 aromatic heterocycles. The van der Waals surface area contributed by atoms with Gasteiger partial charge in [-0.1, -0.05) is 0 Å². The standard InChI is InChI=1S/2Eu.3H2O4S/c;;3*1-5(2,3)4/h;;3*(H2,1,2,3,4)/q2*+3;;;/p-6. The van der Waals surface area contributed by atoms with E-state index < -0.39 is 31.2 Å². The summed E-state index contributed by atoms with van der Waals surface area (Å²) < 4.78 is 102. The van der Waals surface area contributed by atoms with E-state index in [0.717, 1.165) is 0 Å². The summed E-state index contributed by atoms with van der Waals surface area (Å²) in [5, 5.41) is 0. The molecule has 0 aliphatic heterocycles. The molecule has 0 saturated carbocycles. The Morgan fingerprint density at radius 2 is 0.412 bits per heavy atom. The number of rotatable bonds is 0. The molecule has 0 spiro atoms. The Labute approximate surface area is 178 Å². The average molecular weight is 592 g/mol. The van der Waals surface area contributed by atoms with Gasteiger partial charge in [-0.3, -0.25) is 25.3 Å². The van der Waals surface area contributed by atoms with Crippen molar-refractivity contribution < 1.29 is 151 Å². The summed E-state index contributed by atoms with van der Waals surface area (Å²) in [6, 6.07) is 0. The van der Waals surface area contributed by atoms with Crippen molar-refractivity contribution in [3.63, 3.8) is 0 Å². The van der Waals surface area contributed by atoms with Crippen LogP contribution in [0.4, 0.5) is 0 Å². The molecule has 0 aliphatic rings. The molecule has 0 aromatic rings. The van der Waals surface area contributed by atoms with Crippen LogP contribution in [0.3, 0.4) is 0 Å². The van der Waals surface area contributed by atoms with E-state index in [1.807, 2.05) is 0 Å². The molecule has 0 saturated heterocycles. The zero-order valence-corrected chi connectivity index (χ0v) is 14.2. The maximum Gasteiger partial charge on any atom is 3.00 e. The minimum Gasteiger partial charge on any atom is -0.759 e. The maximum absolute atomic E-state index is 8.52. The second kappa shape index (κ2) is 13.7. The summed E-state index contributed by atoms with van der Waals surface area (Å²) in [5.41, 5.74) is 0. The van der Waals surface area contributed by atoms with E-state index >= 15 is 0 Å². The predicted octanol–water partition coefficient (Wildman–Crippen LogP) is -4.01. The van der Waals surface area contributed by atoms with Gasteiger partial charge >= 0.3 is 98.8 Å². The van der Waals surface area contributed by atoms with Gasteiger partial charge in [-0.05, 0) is 0 Å². The van der Waals surface area contributed by atoms with Crippen LogP contribution in [0.5, 0.6) is 0 Å². The summed E-state index contributed by atoms with van der Waals surface area (Å²) in [4.78, 5) is 0. The van der Waals surface area contributed by atoms with Crippen LogP contribution in [-0.4, -0.2) is 52.6 Å². The Kier molecular flexibility index (Phi) is 25.8. The Morgan fingerprint density at radius 3 is 0.412 bits per heavy atom. The van der Waals surface area contributed by atoms with Gasteiger partial charge in [0.1, 0.15) is 0 Å². The first kappa shape index (κ1) is 31.9. The molecule has 0 aliphatic carbocycles. The molecule has 0 radical (unpaired) electrons. The molecule has 0 N–H and O–H groups in total. The van der Waals surface area contributed by atoms with Crippen molar-refractivity contribution in [2.45, 2.75) is 0 Å². The van der Waals surface area contributed by atoms with Crippen LogP contribution in [0.1, 0.15) is 0 Å². The second-order valence-electron chi connectivity index (χ2n) is 1.22. The fourth-order valence-corrected chi connectivity index (χ4v) is 0. The third kappa shape index (κ3) is 685. The van der Waals surface area contributed by atoms with E-state index in [-0.39, 0.29) is 98.8 Å². The van der Waals surface area contributed by atoms with Crippen LogP contribution in [0.2, 0.25) is 0 Å². The molecular weight excluding hydrogens is 592 g/mol. The molecule has 0 bridgehead atoms. The van der Waals surface area contributed by atoms with E-state index in [4.69, 9.17) is 52.6 Å². The van der Waals surface area contributed by atoms with Gasteiger partial charge in [0.25, 0.3) is 0 Å². The fraction of sp³-hybridized carbons (Fsp3) is 0. The van der Waals surface area contributed by atoms with E-state index in [1.165, 1.54) is 0 Å². The summed E-state index contributed by atoms with van der Waals surface area (Å²) in [6.07, 6.45) is 0. The van der Waals surface area contributed by atoms with Gasteiger partial charge < -0.3 is 27.3 Å². The molecule has 17 heteroatoms. The molecule has 0 amide bonds. The molecule has 17 heavy (non-hydrogen) atoms. The fourth-order valence-electron chi connectivity index (χ4n) is 0. The van der Waals surface area contributed by atoms with Crippen LogP contribution >= 0.6 is 0 Å². The van der Waals surface area contributed by atoms with E-state index in [9.17, 15) is 0 Å². The van der Waals surface area contributed by atoms with Gasteiger partial charge in [-0.2, -0.15) is 0 Å². The van der Waals surface area contributed by atoms with Crippen LogP contribution in [-0.2, 0) is 31.2 Å². The Balaban J connectivity index is -0.0000000400. The van der Waals surface area contributed by atoms with Gasteiger partial charge in [0.2, 0.25) is 0 Å². The quantitative estimate of drug-likeness (QED) is 0.193. The summed E-state index contributed by atoms with van der Waals surface area (Å²) in [7, 11) is -15.5. The van der Waals surface area contributed by atoms with E-state index in [1.54, 1.807) is 0 Å². The summed E-state index contributed by atoms with van der Waals surface area (Å²) in [6.45, 7) is 0. The molecule has 0 atom stereocenters. The molecule has 0 fully saturated rings. The van der Waals surface area contributed by atoms with Crippen LogP contribution < -0.4 is 0 Å². The van der Waals surface area contributed by atoms with Crippen molar-refractivity contribution in [3.05, 3.63) is 0 Å². The van der Waals surface area contributed by atoms with Crippen molar-refractivity contribution >= 4 is 31.2 Å². The molecular formula is Eu2O12S3. The third-order valence-corrected chi connectivity index (χ3v) is 0. The van der Waals surface area contributed by atoms with Gasteiger partial charge in [0, 0.05) is 31.2 Å². The molecule has 104 valence electrons. The van der Waals surface area contributed by atoms with Crippen molar-refractivity contribution in [3.8, 4) is 0 Å². The molecule has 0 unspecified atom stereocenters. The number of hydrogen-bond acceptors (Lipinski definition) is 12. The van der Waals surface area contributed by atoms with Gasteiger partial charge in [0.15, 0.2) is 0 Å². The van der Waals surface area contributed by atoms with Crippen molar-refractivity contribution in [2.24, 2.45) is 0 Å². The van der Waals surface area contributed by atoms with Crippen LogP contribution in [0.15, 0.2) is 0 Å². The first-order valence-electron chi connectivity index (χ1n) is 2.00. The second-order valence-corrected chi connectivity index (χ2v) is 3.67. The summed E-state index contributed by atoms with van der Waals surface area (Å²) in [5.74, 6) is 0. The van der Waals surface area contributed by atoms with Crippen LogP contribution in [0.25, 0.3) is 0 Å². The Bertz CT molecular complexity index is 341. The molecule has 0 rings (SSSR count). The van der Waals surface area contributed by atoms with E-state index in [2.05, 4.69) is 0 Å². The normalized spacial score (nSPS) is 10.2.